The molecule has 3 fully saturated rings. The van der Waals surface area contributed by atoms with Gasteiger partial charge < -0.3 is 30.0 Å². The zero-order valence-electron chi connectivity index (χ0n) is 19.8. The minimum atomic E-state index is -1.79. The molecule has 0 aromatic carbocycles. The fourth-order valence-electron chi connectivity index (χ4n) is 2.50. The summed E-state index contributed by atoms with van der Waals surface area (Å²) in [6.45, 7) is 0. The van der Waals surface area contributed by atoms with Crippen LogP contribution in [-0.2, 0) is 43.2 Å². The molecular weight excluding hydrogens is 492 g/mol. The van der Waals surface area contributed by atoms with E-state index in [1.165, 1.54) is 0 Å². The summed E-state index contributed by atoms with van der Waals surface area (Å²) in [5.74, 6) is -8.48. The van der Waals surface area contributed by atoms with E-state index < -0.39 is 71.8 Å². The van der Waals surface area contributed by atoms with Gasteiger partial charge >= 0.3 is 35.4 Å². The molecule has 0 N–H and O–H groups in total. The first-order valence-electron chi connectivity index (χ1n) is 9.63. The summed E-state index contributed by atoms with van der Waals surface area (Å²) in [7, 11) is 6.72. The van der Waals surface area contributed by atoms with Crippen molar-refractivity contribution >= 4 is 53.2 Å². The molecule has 3 aliphatic heterocycles. The first-order chi connectivity index (χ1) is 16.4. The molecule has 36 heavy (non-hydrogen) atoms. The Hall–Kier alpha value is -4.29. The molecule has 18 nitrogen and oxygen atoms in total. The molecule has 3 rings (SSSR count). The zero-order chi connectivity index (χ0) is 28.4. The second-order valence-electron chi connectivity index (χ2n) is 7.41. The number of piperazine rings is 3. The molecule has 3 atom stereocenters. The molecule has 9 amide bonds. The molecule has 0 aromatic heterocycles. The topological polar surface area (TPSA) is 242 Å². The minimum absolute atomic E-state index is 0.505. The van der Waals surface area contributed by atoms with Crippen LogP contribution in [0.5, 0.6) is 0 Å². The molecule has 3 aliphatic rings. The first-order valence-corrected chi connectivity index (χ1v) is 9.63. The lowest BCUT2D eigenvalue weighted by Gasteiger charge is -2.47. The van der Waals surface area contributed by atoms with E-state index in [1.807, 2.05) is 0 Å². The van der Waals surface area contributed by atoms with Gasteiger partial charge in [0, 0.05) is 61.0 Å². The Morgan fingerprint density at radius 3 is 0.944 bits per heavy atom. The highest BCUT2D eigenvalue weighted by molar-refractivity contribution is 6.54. The van der Waals surface area contributed by atoms with E-state index in [9.17, 15) is 58.5 Å². The molecule has 198 valence electrons. The predicted molar refractivity (Wildman–Crippen MR) is 103 cm³/mol. The molecule has 3 heterocycles. The van der Waals surface area contributed by atoms with Gasteiger partial charge in [-0.2, -0.15) is 0 Å². The van der Waals surface area contributed by atoms with Gasteiger partial charge in [-0.15, -0.1) is 0 Å². The van der Waals surface area contributed by atoms with Crippen molar-refractivity contribution in [3.63, 3.8) is 0 Å². The maximum Gasteiger partial charge on any atom is 0.319 e. The van der Waals surface area contributed by atoms with Crippen LogP contribution in [0.2, 0.25) is 0 Å². The Labute approximate surface area is 202 Å². The van der Waals surface area contributed by atoms with Gasteiger partial charge in [-0.25, -0.2) is 0 Å². The molecule has 0 radical (unpaired) electrons. The third-order valence-electron chi connectivity index (χ3n) is 5.11. The number of nitrogens with zero attached hydrogens (tertiary/aromatic N) is 6. The van der Waals surface area contributed by atoms with Gasteiger partial charge in [0.15, 0.2) is 0 Å². The van der Waals surface area contributed by atoms with Crippen LogP contribution in [0.4, 0.5) is 0 Å². The second-order valence-corrected chi connectivity index (χ2v) is 7.41. The summed E-state index contributed by atoms with van der Waals surface area (Å²) in [5.41, 5.74) is 0. The first kappa shape index (κ1) is 29.7. The Morgan fingerprint density at radius 1 is 0.389 bits per heavy atom. The standard InChI is InChI=1S/C6H8N2O4.C6H7N2O4.C6H6N2O4/c3*1-7-3(9)5(11)8(2)6(12)4(7)10/h3,6H,1-2H3;3H,1-2H3;1-2H3/q-2;-1;. The number of imide groups is 3. The third-order valence-corrected chi connectivity index (χ3v) is 5.11. The van der Waals surface area contributed by atoms with Crippen LogP contribution in [0, 0.1) is 0 Å². The van der Waals surface area contributed by atoms with Crippen LogP contribution in [-0.4, -0.2) is 144 Å². The molecule has 0 spiro atoms. The third kappa shape index (κ3) is 5.34. The lowest BCUT2D eigenvalue weighted by Crippen LogP contribution is -2.70. The summed E-state index contributed by atoms with van der Waals surface area (Å²) in [6, 6.07) is 0. The van der Waals surface area contributed by atoms with E-state index >= 15 is 0 Å². The van der Waals surface area contributed by atoms with Gasteiger partial charge in [-0.3, -0.25) is 57.9 Å². The normalized spacial score (nSPS) is 25.2. The number of likely N-dealkylation sites (N-methyl/N-ethyl adjacent to an activating group) is 6. The van der Waals surface area contributed by atoms with Crippen molar-refractivity contribution in [3.8, 4) is 0 Å². The molecule has 0 aliphatic carbocycles. The van der Waals surface area contributed by atoms with Gasteiger partial charge in [0.05, 0.1) is 0 Å². The van der Waals surface area contributed by atoms with Crippen molar-refractivity contribution in [3.05, 3.63) is 0 Å². The maximum atomic E-state index is 10.9. The zero-order valence-corrected chi connectivity index (χ0v) is 19.8. The fraction of sp³-hybridized carbons (Fsp3) is 0.500. The molecule has 0 saturated carbocycles. The van der Waals surface area contributed by atoms with Gasteiger partial charge in [0.2, 0.25) is 17.7 Å². The van der Waals surface area contributed by atoms with Crippen LogP contribution in [0.25, 0.3) is 0 Å². The van der Waals surface area contributed by atoms with Crippen molar-refractivity contribution < 1.29 is 58.5 Å². The van der Waals surface area contributed by atoms with Crippen LogP contribution in [0.1, 0.15) is 0 Å². The van der Waals surface area contributed by atoms with E-state index in [1.54, 1.807) is 0 Å². The van der Waals surface area contributed by atoms with E-state index in [2.05, 4.69) is 0 Å². The molecule has 3 saturated heterocycles. The smallest absolute Gasteiger partial charge is 0.319 e. The molecule has 0 bridgehead atoms. The number of hydrogen-bond donors (Lipinski definition) is 0. The van der Waals surface area contributed by atoms with Crippen LogP contribution >= 0.6 is 0 Å². The lowest BCUT2D eigenvalue weighted by atomic mass is 10.3. The monoisotopic (exact) mass is 513 g/mol. The number of amides is 9. The fourth-order valence-corrected chi connectivity index (χ4v) is 2.50. The summed E-state index contributed by atoms with van der Waals surface area (Å²) in [5, 5.41) is 32.8. The number of hydrogen-bond acceptors (Lipinski definition) is 12. The Morgan fingerprint density at radius 2 is 0.639 bits per heavy atom. The maximum absolute atomic E-state index is 10.9. The Balaban J connectivity index is 0.000000270. The summed E-state index contributed by atoms with van der Waals surface area (Å²) in [4.78, 5) is 101. The van der Waals surface area contributed by atoms with E-state index in [0.717, 1.165) is 42.3 Å². The van der Waals surface area contributed by atoms with Gasteiger partial charge in [-0.05, 0) is 0 Å². The molecule has 0 aromatic rings. The van der Waals surface area contributed by atoms with Gasteiger partial charge in [0.25, 0.3) is 0 Å². The van der Waals surface area contributed by atoms with Crippen molar-refractivity contribution in [2.24, 2.45) is 0 Å². The average Bonchev–Trinajstić information content (AvgIpc) is 2.87. The van der Waals surface area contributed by atoms with Crippen LogP contribution < -0.4 is 15.3 Å². The highest BCUT2D eigenvalue weighted by Gasteiger charge is 2.41. The highest BCUT2D eigenvalue weighted by atomic mass is 16.3. The second kappa shape index (κ2) is 11.0. The molecule has 18 heteroatoms. The van der Waals surface area contributed by atoms with Crippen molar-refractivity contribution in [1.29, 1.82) is 0 Å². The number of carbonyl (C=O) groups is 9. The van der Waals surface area contributed by atoms with Gasteiger partial charge in [0.1, 0.15) is 0 Å². The van der Waals surface area contributed by atoms with Crippen LogP contribution in [0.15, 0.2) is 0 Å². The summed E-state index contributed by atoms with van der Waals surface area (Å²) >= 11 is 0. The van der Waals surface area contributed by atoms with Crippen LogP contribution in [0.3, 0.4) is 0 Å². The largest absolute Gasteiger partial charge is 0.829 e. The quantitative estimate of drug-likeness (QED) is 0.216. The van der Waals surface area contributed by atoms with Crippen molar-refractivity contribution in [2.75, 3.05) is 42.3 Å². The number of rotatable bonds is 0. The summed E-state index contributed by atoms with van der Waals surface area (Å²) < 4.78 is 0. The molecule has 3 unspecified atom stereocenters. The van der Waals surface area contributed by atoms with E-state index in [-0.39, 0.29) is 0 Å². The van der Waals surface area contributed by atoms with Crippen molar-refractivity contribution in [2.45, 2.75) is 18.7 Å². The minimum Gasteiger partial charge on any atom is -0.829 e. The van der Waals surface area contributed by atoms with E-state index in [4.69, 9.17) is 0 Å². The lowest BCUT2D eigenvalue weighted by molar-refractivity contribution is -0.470. The SMILES string of the molecule is CN1C(=O)C(=O)N(C)C(=O)C1=O.CN1C(=O)C(=O)N(C)C([O-])C1=O.CN1C(=O)C([O-])N(C)C(=O)C1[O-]. The Bertz CT molecular complexity index is 942. The predicted octanol–water partition coefficient (Wildman–Crippen LogP) is -8.61. The number of carbonyl (C=O) groups excluding carboxylic acids is 9. The Kier molecular flexibility index (Phi) is 9.06. The summed E-state index contributed by atoms with van der Waals surface area (Å²) in [6.07, 6.45) is -5.33. The van der Waals surface area contributed by atoms with Gasteiger partial charge in [-0.1, -0.05) is 0 Å². The van der Waals surface area contributed by atoms with E-state index in [0.29, 0.717) is 29.4 Å². The molecular formula is C18H21N6O12-3. The highest BCUT2D eigenvalue weighted by Crippen LogP contribution is 2.07. The average molecular weight is 513 g/mol. The van der Waals surface area contributed by atoms with Crippen molar-refractivity contribution in [1.82, 2.24) is 29.4 Å².